The molecule has 0 spiro atoms. The number of H-pyrrole nitrogens is 1. The molecule has 0 aliphatic carbocycles. The Morgan fingerprint density at radius 3 is 2.58 bits per heavy atom. The normalized spacial score (nSPS) is 12.2. The van der Waals surface area contributed by atoms with Crippen LogP contribution in [0.3, 0.4) is 0 Å². The average Bonchev–Trinajstić information content (AvgIpc) is 2.86. The highest BCUT2D eigenvalue weighted by Crippen LogP contribution is 2.17. The lowest BCUT2D eigenvalue weighted by Crippen LogP contribution is -2.41. The number of aryl methyl sites for hydroxylation is 3. The van der Waals surface area contributed by atoms with Gasteiger partial charge in [0.2, 0.25) is 5.91 Å². The molecule has 130 valence electrons. The fraction of sp³-hybridized carbons (Fsp3) is 0.474. The lowest BCUT2D eigenvalue weighted by atomic mass is 10.1. The zero-order chi connectivity index (χ0) is 17.7. The molecule has 1 heterocycles. The molecule has 0 saturated heterocycles. The topological polar surface area (TPSA) is 58.2 Å². The van der Waals surface area contributed by atoms with Crippen LogP contribution >= 0.6 is 0 Å². The summed E-state index contributed by atoms with van der Waals surface area (Å²) in [5, 5.41) is 7.14. The largest absolute Gasteiger partial charge is 0.383 e. The Hall–Kier alpha value is -2.14. The van der Waals surface area contributed by atoms with Crippen molar-refractivity contribution in [1.82, 2.24) is 15.1 Å². The van der Waals surface area contributed by atoms with Gasteiger partial charge < -0.3 is 9.64 Å². The summed E-state index contributed by atoms with van der Waals surface area (Å²) in [6.45, 7) is 9.08. The molecule has 2 aromatic rings. The highest BCUT2D eigenvalue weighted by atomic mass is 16.5. The van der Waals surface area contributed by atoms with Crippen LogP contribution in [-0.4, -0.2) is 40.8 Å². The van der Waals surface area contributed by atoms with Crippen molar-refractivity contribution in [3.63, 3.8) is 0 Å². The number of nitrogens with one attached hydrogen (secondary N) is 1. The number of nitrogens with zero attached hydrogens (tertiary/aromatic N) is 2. The molecular formula is C19H27N3O2. The van der Waals surface area contributed by atoms with Crippen LogP contribution in [0.5, 0.6) is 0 Å². The molecule has 0 radical (unpaired) electrons. The first-order valence-corrected chi connectivity index (χ1v) is 8.27. The number of hydrogen-bond donors (Lipinski definition) is 1. The van der Waals surface area contributed by atoms with Crippen LogP contribution in [0.25, 0.3) is 0 Å². The van der Waals surface area contributed by atoms with E-state index in [9.17, 15) is 4.79 Å². The quantitative estimate of drug-likeness (QED) is 0.849. The molecule has 0 aliphatic rings. The molecule has 0 saturated carbocycles. The summed E-state index contributed by atoms with van der Waals surface area (Å²) in [5.74, 6) is 0.0930. The lowest BCUT2D eigenvalue weighted by molar-refractivity contribution is -0.134. The van der Waals surface area contributed by atoms with Gasteiger partial charge in [-0.2, -0.15) is 5.10 Å². The van der Waals surface area contributed by atoms with E-state index < -0.39 is 0 Å². The summed E-state index contributed by atoms with van der Waals surface area (Å²) >= 11 is 0. The van der Waals surface area contributed by atoms with E-state index in [0.29, 0.717) is 19.6 Å². The summed E-state index contributed by atoms with van der Waals surface area (Å²) in [7, 11) is 1.66. The maximum absolute atomic E-state index is 13.0. The van der Waals surface area contributed by atoms with Crippen molar-refractivity contribution in [3.8, 4) is 0 Å². The first kappa shape index (κ1) is 18.2. The Bertz CT molecular complexity index is 674. The van der Waals surface area contributed by atoms with Crippen molar-refractivity contribution >= 4 is 5.91 Å². The SMILES string of the molecule is COCC(C)N(Cc1ccccc1C)C(=O)Cc1c(C)n[nH]c1C. The van der Waals surface area contributed by atoms with Gasteiger partial charge in [-0.3, -0.25) is 9.89 Å². The highest BCUT2D eigenvalue weighted by molar-refractivity contribution is 5.79. The molecule has 1 amide bonds. The standard InChI is InChI=1S/C19H27N3O2/c1-13-8-6-7-9-17(13)11-22(14(2)12-24-5)19(23)10-18-15(3)20-21-16(18)4/h6-9,14H,10-12H2,1-5H3,(H,20,21). The number of hydrogen-bond acceptors (Lipinski definition) is 3. The van der Waals surface area contributed by atoms with Gasteiger partial charge in [0.15, 0.2) is 0 Å². The van der Waals surface area contributed by atoms with Gasteiger partial charge in [-0.25, -0.2) is 0 Å². The van der Waals surface area contributed by atoms with Crippen LogP contribution in [0.4, 0.5) is 0 Å². The molecular weight excluding hydrogens is 302 g/mol. The van der Waals surface area contributed by atoms with E-state index in [-0.39, 0.29) is 11.9 Å². The number of carbonyl (C=O) groups is 1. The number of aromatic amines is 1. The van der Waals surface area contributed by atoms with Crippen molar-refractivity contribution in [3.05, 3.63) is 52.3 Å². The third-order valence-electron chi connectivity index (χ3n) is 4.47. The summed E-state index contributed by atoms with van der Waals surface area (Å²) in [6, 6.07) is 8.18. The third kappa shape index (κ3) is 4.23. The zero-order valence-electron chi connectivity index (χ0n) is 15.2. The summed E-state index contributed by atoms with van der Waals surface area (Å²) in [4.78, 5) is 14.9. The molecule has 2 rings (SSSR count). The Kier molecular flexibility index (Phi) is 6.15. The second-order valence-corrected chi connectivity index (χ2v) is 6.34. The second-order valence-electron chi connectivity index (χ2n) is 6.34. The molecule has 0 bridgehead atoms. The zero-order valence-corrected chi connectivity index (χ0v) is 15.2. The number of ether oxygens (including phenoxy) is 1. The van der Waals surface area contributed by atoms with Gasteiger partial charge in [-0.05, 0) is 38.8 Å². The van der Waals surface area contributed by atoms with Gasteiger partial charge in [0, 0.05) is 24.9 Å². The molecule has 1 aromatic carbocycles. The summed E-state index contributed by atoms with van der Waals surface area (Å²) < 4.78 is 5.27. The van der Waals surface area contributed by atoms with Crippen molar-refractivity contribution in [2.45, 2.75) is 46.7 Å². The highest BCUT2D eigenvalue weighted by Gasteiger charge is 2.23. The summed E-state index contributed by atoms with van der Waals surface area (Å²) in [6.07, 6.45) is 0.355. The lowest BCUT2D eigenvalue weighted by Gasteiger charge is -2.30. The number of benzene rings is 1. The van der Waals surface area contributed by atoms with Crippen molar-refractivity contribution in [2.24, 2.45) is 0 Å². The molecule has 1 atom stereocenters. The molecule has 0 fully saturated rings. The number of rotatable bonds is 7. The van der Waals surface area contributed by atoms with Crippen molar-refractivity contribution < 1.29 is 9.53 Å². The molecule has 1 aromatic heterocycles. The van der Waals surface area contributed by atoms with Crippen LogP contribution in [-0.2, 0) is 22.5 Å². The van der Waals surface area contributed by atoms with Crippen LogP contribution in [0.15, 0.2) is 24.3 Å². The predicted octanol–water partition coefficient (Wildman–Crippen LogP) is 2.94. The van der Waals surface area contributed by atoms with Gasteiger partial charge in [0.1, 0.15) is 0 Å². The van der Waals surface area contributed by atoms with E-state index in [0.717, 1.165) is 22.5 Å². The monoisotopic (exact) mass is 329 g/mol. The Balaban J connectivity index is 2.22. The fourth-order valence-corrected chi connectivity index (χ4v) is 2.88. The minimum absolute atomic E-state index is 0.00891. The molecule has 5 nitrogen and oxygen atoms in total. The first-order valence-electron chi connectivity index (χ1n) is 8.27. The van der Waals surface area contributed by atoms with Crippen molar-refractivity contribution in [2.75, 3.05) is 13.7 Å². The molecule has 24 heavy (non-hydrogen) atoms. The Labute approximate surface area is 144 Å². The van der Waals surface area contributed by atoms with E-state index in [2.05, 4.69) is 29.3 Å². The Morgan fingerprint density at radius 1 is 1.29 bits per heavy atom. The van der Waals surface area contributed by atoms with Crippen LogP contribution in [0, 0.1) is 20.8 Å². The second kappa shape index (κ2) is 8.11. The number of carbonyl (C=O) groups excluding carboxylic acids is 1. The fourth-order valence-electron chi connectivity index (χ4n) is 2.88. The van der Waals surface area contributed by atoms with Crippen LogP contribution in [0.1, 0.15) is 35.0 Å². The van der Waals surface area contributed by atoms with E-state index in [1.54, 1.807) is 7.11 Å². The molecule has 0 aliphatic heterocycles. The maximum atomic E-state index is 13.0. The van der Waals surface area contributed by atoms with E-state index in [4.69, 9.17) is 4.74 Å². The third-order valence-corrected chi connectivity index (χ3v) is 4.47. The van der Waals surface area contributed by atoms with Crippen molar-refractivity contribution in [1.29, 1.82) is 0 Å². The van der Waals surface area contributed by atoms with Crippen LogP contribution < -0.4 is 0 Å². The smallest absolute Gasteiger partial charge is 0.227 e. The molecule has 1 unspecified atom stereocenters. The molecule has 5 heteroatoms. The average molecular weight is 329 g/mol. The predicted molar refractivity (Wildman–Crippen MR) is 94.8 cm³/mol. The minimum atomic E-state index is 0.00891. The number of methoxy groups -OCH3 is 1. The van der Waals surface area contributed by atoms with Gasteiger partial charge >= 0.3 is 0 Å². The minimum Gasteiger partial charge on any atom is -0.383 e. The van der Waals surface area contributed by atoms with Gasteiger partial charge in [0.05, 0.1) is 24.8 Å². The summed E-state index contributed by atoms with van der Waals surface area (Å²) in [5.41, 5.74) is 5.18. The van der Waals surface area contributed by atoms with E-state index in [1.807, 2.05) is 37.8 Å². The van der Waals surface area contributed by atoms with E-state index in [1.165, 1.54) is 5.56 Å². The van der Waals surface area contributed by atoms with E-state index >= 15 is 0 Å². The van der Waals surface area contributed by atoms with Gasteiger partial charge in [-0.1, -0.05) is 24.3 Å². The Morgan fingerprint density at radius 2 is 2.00 bits per heavy atom. The molecule has 1 N–H and O–H groups in total. The number of aromatic nitrogens is 2. The van der Waals surface area contributed by atoms with Gasteiger partial charge in [-0.15, -0.1) is 0 Å². The van der Waals surface area contributed by atoms with Gasteiger partial charge in [0.25, 0.3) is 0 Å². The number of amides is 1. The first-order chi connectivity index (χ1) is 11.4. The maximum Gasteiger partial charge on any atom is 0.227 e. The van der Waals surface area contributed by atoms with Crippen LogP contribution in [0.2, 0.25) is 0 Å².